The van der Waals surface area contributed by atoms with Crippen molar-refractivity contribution < 1.29 is 17.9 Å². The number of rotatable bonds is 4. The number of hydrogen-bond acceptors (Lipinski definition) is 6. The molecule has 2 saturated heterocycles. The summed E-state index contributed by atoms with van der Waals surface area (Å²) in [6, 6.07) is 3.18. The molecule has 2 fully saturated rings. The van der Waals surface area contributed by atoms with Gasteiger partial charge in [-0.25, -0.2) is 8.42 Å². The molecule has 0 saturated carbocycles. The highest BCUT2D eigenvalue weighted by molar-refractivity contribution is 7.89. The van der Waals surface area contributed by atoms with E-state index in [0.717, 1.165) is 6.54 Å². The monoisotopic (exact) mass is 354 g/mol. The maximum atomic E-state index is 12.5. The van der Waals surface area contributed by atoms with Gasteiger partial charge in [-0.3, -0.25) is 9.78 Å². The minimum atomic E-state index is -3.54. The second-order valence-corrected chi connectivity index (χ2v) is 7.84. The Morgan fingerprint density at radius 1 is 1.33 bits per heavy atom. The van der Waals surface area contributed by atoms with Crippen LogP contribution in [0.5, 0.6) is 0 Å². The summed E-state index contributed by atoms with van der Waals surface area (Å²) in [7, 11) is -3.54. The maximum Gasteiger partial charge on any atom is 0.244 e. The number of nitrogens with one attached hydrogen (secondary N) is 1. The van der Waals surface area contributed by atoms with Gasteiger partial charge in [-0.15, -0.1) is 0 Å². The van der Waals surface area contributed by atoms with Crippen LogP contribution in [-0.2, 0) is 19.6 Å². The normalized spacial score (nSPS) is 23.2. The van der Waals surface area contributed by atoms with Gasteiger partial charge >= 0.3 is 0 Å². The molecule has 3 heterocycles. The van der Waals surface area contributed by atoms with Gasteiger partial charge in [0.15, 0.2) is 0 Å². The molecule has 0 aromatic carbocycles. The standard InChI is InChI=1S/C15H22N4O4S/c20-15(10-13-12-23-9-4-17-13)18-5-7-19(8-6-18)24(21,22)14-2-1-3-16-11-14/h1-3,11,13,17H,4-10,12H2. The van der Waals surface area contributed by atoms with E-state index in [-0.39, 0.29) is 16.8 Å². The molecule has 1 unspecified atom stereocenters. The van der Waals surface area contributed by atoms with Gasteiger partial charge in [0.2, 0.25) is 15.9 Å². The summed E-state index contributed by atoms with van der Waals surface area (Å²) in [5, 5.41) is 3.26. The predicted molar refractivity (Wildman–Crippen MR) is 86.8 cm³/mol. The van der Waals surface area contributed by atoms with Gasteiger partial charge in [-0.05, 0) is 12.1 Å². The van der Waals surface area contributed by atoms with Crippen LogP contribution >= 0.6 is 0 Å². The van der Waals surface area contributed by atoms with Gasteiger partial charge < -0.3 is 15.0 Å². The number of piperazine rings is 1. The van der Waals surface area contributed by atoms with E-state index < -0.39 is 10.0 Å². The number of nitrogens with zero attached hydrogens (tertiary/aromatic N) is 3. The molecule has 9 heteroatoms. The number of hydrogen-bond donors (Lipinski definition) is 1. The summed E-state index contributed by atoms with van der Waals surface area (Å²) >= 11 is 0. The molecule has 8 nitrogen and oxygen atoms in total. The molecule has 2 aliphatic rings. The van der Waals surface area contributed by atoms with Crippen molar-refractivity contribution in [2.45, 2.75) is 17.4 Å². The number of pyridine rings is 1. The molecule has 3 rings (SSSR count). The van der Waals surface area contributed by atoms with Crippen LogP contribution in [0, 0.1) is 0 Å². The molecule has 1 atom stereocenters. The second-order valence-electron chi connectivity index (χ2n) is 5.90. The first kappa shape index (κ1) is 17.3. The van der Waals surface area contributed by atoms with Gasteiger partial charge in [-0.2, -0.15) is 4.31 Å². The number of amides is 1. The van der Waals surface area contributed by atoms with E-state index in [1.54, 1.807) is 17.2 Å². The number of carbonyl (C=O) groups is 1. The summed E-state index contributed by atoms with van der Waals surface area (Å²) in [4.78, 5) is 18.1. The maximum absolute atomic E-state index is 12.5. The van der Waals surface area contributed by atoms with Crippen LogP contribution in [-0.4, -0.2) is 80.5 Å². The third kappa shape index (κ3) is 3.92. The van der Waals surface area contributed by atoms with Crippen molar-refractivity contribution in [3.8, 4) is 0 Å². The first-order valence-electron chi connectivity index (χ1n) is 8.06. The van der Waals surface area contributed by atoms with E-state index in [0.29, 0.717) is 45.8 Å². The Morgan fingerprint density at radius 2 is 2.12 bits per heavy atom. The lowest BCUT2D eigenvalue weighted by atomic mass is 10.1. The highest BCUT2D eigenvalue weighted by atomic mass is 32.2. The second kappa shape index (κ2) is 7.56. The van der Waals surface area contributed by atoms with Crippen LogP contribution in [0.4, 0.5) is 0 Å². The van der Waals surface area contributed by atoms with E-state index in [9.17, 15) is 13.2 Å². The molecule has 0 bridgehead atoms. The van der Waals surface area contributed by atoms with Crippen LogP contribution in [0.1, 0.15) is 6.42 Å². The molecule has 1 N–H and O–H groups in total. The average Bonchev–Trinajstić information content (AvgIpc) is 2.63. The van der Waals surface area contributed by atoms with Crippen LogP contribution in [0.15, 0.2) is 29.4 Å². The van der Waals surface area contributed by atoms with E-state index in [1.165, 1.54) is 16.6 Å². The Hall–Kier alpha value is -1.55. The molecular formula is C15H22N4O4S. The van der Waals surface area contributed by atoms with Crippen molar-refractivity contribution in [3.05, 3.63) is 24.5 Å². The van der Waals surface area contributed by atoms with Gasteiger partial charge in [0.25, 0.3) is 0 Å². The molecule has 0 radical (unpaired) electrons. The zero-order chi connectivity index (χ0) is 17.0. The van der Waals surface area contributed by atoms with Crippen molar-refractivity contribution >= 4 is 15.9 Å². The minimum absolute atomic E-state index is 0.0384. The van der Waals surface area contributed by atoms with E-state index >= 15 is 0 Å². The molecule has 24 heavy (non-hydrogen) atoms. The third-order valence-electron chi connectivity index (χ3n) is 4.28. The van der Waals surface area contributed by atoms with Crippen molar-refractivity contribution in [3.63, 3.8) is 0 Å². The largest absolute Gasteiger partial charge is 0.378 e. The lowest BCUT2D eigenvalue weighted by Crippen LogP contribution is -2.52. The third-order valence-corrected chi connectivity index (χ3v) is 6.17. The van der Waals surface area contributed by atoms with Crippen LogP contribution < -0.4 is 5.32 Å². The van der Waals surface area contributed by atoms with Crippen molar-refractivity contribution in [1.29, 1.82) is 0 Å². The number of morpholine rings is 1. The fourth-order valence-corrected chi connectivity index (χ4v) is 4.30. The van der Waals surface area contributed by atoms with Gasteiger partial charge in [0, 0.05) is 57.6 Å². The van der Waals surface area contributed by atoms with Crippen molar-refractivity contribution in [2.24, 2.45) is 0 Å². The Morgan fingerprint density at radius 3 is 2.75 bits per heavy atom. The highest BCUT2D eigenvalue weighted by Crippen LogP contribution is 2.17. The summed E-state index contributed by atoms with van der Waals surface area (Å²) < 4.78 is 31.8. The molecule has 1 amide bonds. The van der Waals surface area contributed by atoms with Gasteiger partial charge in [0.05, 0.1) is 13.2 Å². The molecular weight excluding hydrogens is 332 g/mol. The lowest BCUT2D eigenvalue weighted by molar-refractivity contribution is -0.133. The fraction of sp³-hybridized carbons (Fsp3) is 0.600. The zero-order valence-electron chi connectivity index (χ0n) is 13.4. The van der Waals surface area contributed by atoms with E-state index in [4.69, 9.17) is 4.74 Å². The summed E-state index contributed by atoms with van der Waals surface area (Å²) in [5.74, 6) is 0.0384. The van der Waals surface area contributed by atoms with Crippen LogP contribution in [0.2, 0.25) is 0 Å². The molecule has 0 aliphatic carbocycles. The molecule has 0 spiro atoms. The Kier molecular flexibility index (Phi) is 5.44. The summed E-state index contributed by atoms with van der Waals surface area (Å²) in [5.41, 5.74) is 0. The van der Waals surface area contributed by atoms with Crippen molar-refractivity contribution in [1.82, 2.24) is 19.5 Å². The van der Waals surface area contributed by atoms with Crippen molar-refractivity contribution in [2.75, 3.05) is 45.9 Å². The Labute approximate surface area is 141 Å². The number of sulfonamides is 1. The zero-order valence-corrected chi connectivity index (χ0v) is 14.2. The van der Waals surface area contributed by atoms with E-state index in [1.807, 2.05) is 0 Å². The van der Waals surface area contributed by atoms with Gasteiger partial charge in [-0.1, -0.05) is 0 Å². The Balaban J connectivity index is 1.54. The number of aromatic nitrogens is 1. The number of ether oxygens (including phenoxy) is 1. The topological polar surface area (TPSA) is 91.8 Å². The smallest absolute Gasteiger partial charge is 0.244 e. The van der Waals surface area contributed by atoms with Crippen LogP contribution in [0.25, 0.3) is 0 Å². The minimum Gasteiger partial charge on any atom is -0.378 e. The quantitative estimate of drug-likeness (QED) is 0.768. The first-order valence-corrected chi connectivity index (χ1v) is 9.50. The van der Waals surface area contributed by atoms with Gasteiger partial charge in [0.1, 0.15) is 4.90 Å². The lowest BCUT2D eigenvalue weighted by Gasteiger charge is -2.35. The predicted octanol–water partition coefficient (Wildman–Crippen LogP) is -0.707. The molecule has 132 valence electrons. The molecule has 1 aromatic heterocycles. The highest BCUT2D eigenvalue weighted by Gasteiger charge is 2.31. The average molecular weight is 354 g/mol. The van der Waals surface area contributed by atoms with E-state index in [2.05, 4.69) is 10.3 Å². The first-order chi connectivity index (χ1) is 11.6. The number of carbonyl (C=O) groups excluding carboxylic acids is 1. The summed E-state index contributed by atoms with van der Waals surface area (Å²) in [6.45, 7) is 3.40. The molecule has 1 aromatic rings. The summed E-state index contributed by atoms with van der Waals surface area (Å²) in [6.07, 6.45) is 3.27. The fourth-order valence-electron chi connectivity index (χ4n) is 2.92. The van der Waals surface area contributed by atoms with Crippen LogP contribution in [0.3, 0.4) is 0 Å². The molecule has 2 aliphatic heterocycles. The SMILES string of the molecule is O=C(CC1COCCN1)N1CCN(S(=O)(=O)c2cccnc2)CC1. The Bertz CT molecular complexity index is 653.